The molecule has 0 bridgehead atoms. The fourth-order valence-electron chi connectivity index (χ4n) is 3.82. The van der Waals surface area contributed by atoms with E-state index in [1.54, 1.807) is 13.0 Å². The second kappa shape index (κ2) is 8.05. The maximum atomic E-state index is 13.8. The molecule has 2 nitrogen and oxygen atoms in total. The Kier molecular flexibility index (Phi) is 6.03. The molecule has 160 valence electrons. The quantitative estimate of drug-likeness (QED) is 0.576. The minimum absolute atomic E-state index is 0.0344. The number of ether oxygens (including phenoxy) is 1. The summed E-state index contributed by atoms with van der Waals surface area (Å²) in [5.41, 5.74) is -0.205. The largest absolute Gasteiger partial charge is 0.490 e. The van der Waals surface area contributed by atoms with E-state index in [9.17, 15) is 31.4 Å². The first-order chi connectivity index (χ1) is 13.5. The van der Waals surface area contributed by atoms with Crippen molar-refractivity contribution in [3.8, 4) is 5.75 Å². The molecule has 2 aromatic carbocycles. The third kappa shape index (κ3) is 4.79. The molecule has 1 fully saturated rings. The van der Waals surface area contributed by atoms with E-state index >= 15 is 0 Å². The van der Waals surface area contributed by atoms with Gasteiger partial charge in [-0.25, -0.2) is 0 Å². The fourth-order valence-corrected chi connectivity index (χ4v) is 3.82. The summed E-state index contributed by atoms with van der Waals surface area (Å²) in [4.78, 5) is 0. The zero-order chi connectivity index (χ0) is 21.4. The highest BCUT2D eigenvalue weighted by Crippen LogP contribution is 2.44. The molecule has 0 aromatic heterocycles. The molecule has 1 atom stereocenters. The van der Waals surface area contributed by atoms with Gasteiger partial charge in [-0.15, -0.1) is 0 Å². The minimum Gasteiger partial charge on any atom is -0.490 e. The van der Waals surface area contributed by atoms with Crippen molar-refractivity contribution >= 4 is 10.8 Å². The average molecular weight is 420 g/mol. The van der Waals surface area contributed by atoms with Gasteiger partial charge in [-0.05, 0) is 48.1 Å². The molecular weight excluding hydrogens is 398 g/mol. The van der Waals surface area contributed by atoms with Crippen LogP contribution in [0.5, 0.6) is 5.75 Å². The fraction of sp³-hybridized carbons (Fsp3) is 0.524. The molecule has 0 heterocycles. The summed E-state index contributed by atoms with van der Waals surface area (Å²) in [5, 5.41) is 9.60. The second-order valence-corrected chi connectivity index (χ2v) is 7.63. The zero-order valence-electron chi connectivity index (χ0n) is 15.8. The number of halogens is 6. The van der Waals surface area contributed by atoms with Gasteiger partial charge in [-0.2, -0.15) is 26.3 Å². The van der Waals surface area contributed by atoms with Gasteiger partial charge in [-0.1, -0.05) is 31.2 Å². The maximum absolute atomic E-state index is 13.8. The first-order valence-corrected chi connectivity index (χ1v) is 9.48. The SMILES string of the molecule is CC(CO)c1ccc2c(C(F)(F)F)c(OC3CCC(C(F)(F)F)CC3)ccc2c1. The standard InChI is InChI=1S/C21H22F6O2/c1-12(11-28)13-2-8-17-14(10-13)3-9-18(19(17)21(25,26)27)29-16-6-4-15(5-7-16)20(22,23)24/h2-3,8-10,12,15-16,28H,4-7,11H2,1H3. The number of benzene rings is 2. The summed E-state index contributed by atoms with van der Waals surface area (Å²) in [6.45, 7) is 1.64. The Morgan fingerprint density at radius 3 is 2.21 bits per heavy atom. The van der Waals surface area contributed by atoms with Crippen molar-refractivity contribution in [2.75, 3.05) is 6.61 Å². The Balaban J connectivity index is 1.90. The first-order valence-electron chi connectivity index (χ1n) is 9.48. The molecule has 0 radical (unpaired) electrons. The van der Waals surface area contributed by atoms with Crippen LogP contribution >= 0.6 is 0 Å². The maximum Gasteiger partial charge on any atom is 0.420 e. The zero-order valence-corrected chi connectivity index (χ0v) is 15.8. The molecule has 1 aliphatic carbocycles. The van der Waals surface area contributed by atoms with Crippen molar-refractivity contribution in [2.24, 2.45) is 5.92 Å². The Hall–Kier alpha value is -1.96. The Morgan fingerprint density at radius 2 is 1.66 bits per heavy atom. The number of aliphatic hydroxyl groups excluding tert-OH is 1. The topological polar surface area (TPSA) is 29.5 Å². The smallest absolute Gasteiger partial charge is 0.420 e. The van der Waals surface area contributed by atoms with E-state index in [0.717, 1.165) is 0 Å². The van der Waals surface area contributed by atoms with Crippen molar-refractivity contribution in [1.82, 2.24) is 0 Å². The predicted octanol–water partition coefficient (Wildman–Crippen LogP) is 6.45. The molecule has 1 aliphatic rings. The van der Waals surface area contributed by atoms with E-state index in [0.29, 0.717) is 10.9 Å². The van der Waals surface area contributed by atoms with Crippen LogP contribution in [0.2, 0.25) is 0 Å². The van der Waals surface area contributed by atoms with Crippen molar-refractivity contribution < 1.29 is 36.2 Å². The molecule has 2 aromatic rings. The van der Waals surface area contributed by atoms with Crippen LogP contribution in [0, 0.1) is 5.92 Å². The summed E-state index contributed by atoms with van der Waals surface area (Å²) >= 11 is 0. The first kappa shape index (κ1) is 21.7. The van der Waals surface area contributed by atoms with Crippen molar-refractivity contribution in [3.05, 3.63) is 41.5 Å². The minimum atomic E-state index is -4.68. The van der Waals surface area contributed by atoms with Gasteiger partial charge >= 0.3 is 12.4 Å². The highest BCUT2D eigenvalue weighted by molar-refractivity contribution is 5.89. The Morgan fingerprint density at radius 1 is 1.00 bits per heavy atom. The highest BCUT2D eigenvalue weighted by Gasteiger charge is 2.42. The second-order valence-electron chi connectivity index (χ2n) is 7.63. The van der Waals surface area contributed by atoms with Gasteiger partial charge in [0.05, 0.1) is 12.0 Å². The van der Waals surface area contributed by atoms with Crippen molar-refractivity contribution in [3.63, 3.8) is 0 Å². The molecule has 29 heavy (non-hydrogen) atoms. The number of fused-ring (bicyclic) bond motifs is 1. The molecular formula is C21H22F6O2. The molecule has 8 heteroatoms. The molecule has 1 saturated carbocycles. The predicted molar refractivity (Wildman–Crippen MR) is 96.9 cm³/mol. The summed E-state index contributed by atoms with van der Waals surface area (Å²) in [5.74, 6) is -2.00. The molecule has 1 N–H and O–H groups in total. The van der Waals surface area contributed by atoms with Gasteiger partial charge in [0.15, 0.2) is 0 Å². The lowest BCUT2D eigenvalue weighted by Crippen LogP contribution is -2.32. The van der Waals surface area contributed by atoms with Gasteiger partial charge in [0.25, 0.3) is 0 Å². The van der Waals surface area contributed by atoms with Gasteiger partial charge in [0, 0.05) is 12.5 Å². The number of alkyl halides is 6. The van der Waals surface area contributed by atoms with Gasteiger partial charge in [0.1, 0.15) is 11.3 Å². The summed E-state index contributed by atoms with van der Waals surface area (Å²) < 4.78 is 85.4. The molecule has 1 unspecified atom stereocenters. The Bertz CT molecular complexity index is 851. The summed E-state index contributed by atoms with van der Waals surface area (Å²) in [6.07, 6.45) is -9.81. The van der Waals surface area contributed by atoms with Crippen LogP contribution in [-0.4, -0.2) is 24.0 Å². The van der Waals surface area contributed by atoms with Crippen LogP contribution in [0.25, 0.3) is 10.8 Å². The molecule has 0 amide bonds. The van der Waals surface area contributed by atoms with Gasteiger partial charge in [0.2, 0.25) is 0 Å². The number of hydrogen-bond donors (Lipinski definition) is 1. The number of rotatable bonds is 4. The lowest BCUT2D eigenvalue weighted by atomic mass is 9.87. The normalized spacial score (nSPS) is 21.9. The lowest BCUT2D eigenvalue weighted by Gasteiger charge is -2.31. The van der Waals surface area contributed by atoms with E-state index in [1.807, 2.05) is 0 Å². The monoisotopic (exact) mass is 420 g/mol. The molecule has 0 spiro atoms. The van der Waals surface area contributed by atoms with E-state index in [-0.39, 0.29) is 49.3 Å². The molecule has 3 rings (SSSR count). The van der Waals surface area contributed by atoms with E-state index in [4.69, 9.17) is 4.74 Å². The van der Waals surface area contributed by atoms with E-state index in [2.05, 4.69) is 0 Å². The Labute approximate surface area is 164 Å². The average Bonchev–Trinajstić information content (AvgIpc) is 2.65. The van der Waals surface area contributed by atoms with Crippen molar-refractivity contribution in [1.29, 1.82) is 0 Å². The van der Waals surface area contributed by atoms with E-state index in [1.165, 1.54) is 24.3 Å². The lowest BCUT2D eigenvalue weighted by molar-refractivity contribution is -0.185. The number of hydrogen-bond acceptors (Lipinski definition) is 2. The third-order valence-corrected chi connectivity index (χ3v) is 5.56. The summed E-state index contributed by atoms with van der Waals surface area (Å²) in [7, 11) is 0. The van der Waals surface area contributed by atoms with Crippen LogP contribution in [0.3, 0.4) is 0 Å². The van der Waals surface area contributed by atoms with E-state index < -0.39 is 29.9 Å². The van der Waals surface area contributed by atoms with Crippen LogP contribution in [0.15, 0.2) is 30.3 Å². The third-order valence-electron chi connectivity index (χ3n) is 5.56. The number of aliphatic hydroxyl groups is 1. The van der Waals surface area contributed by atoms with Crippen LogP contribution < -0.4 is 4.74 Å². The van der Waals surface area contributed by atoms with Crippen LogP contribution in [-0.2, 0) is 6.18 Å². The van der Waals surface area contributed by atoms with Gasteiger partial charge in [-0.3, -0.25) is 0 Å². The van der Waals surface area contributed by atoms with Crippen LogP contribution in [0.4, 0.5) is 26.3 Å². The highest BCUT2D eigenvalue weighted by atomic mass is 19.4. The van der Waals surface area contributed by atoms with Crippen LogP contribution in [0.1, 0.15) is 49.7 Å². The summed E-state index contributed by atoms with van der Waals surface area (Å²) in [6, 6.07) is 7.23. The van der Waals surface area contributed by atoms with Crippen molar-refractivity contribution in [2.45, 2.75) is 57.0 Å². The molecule has 0 aliphatic heterocycles. The molecule has 0 saturated heterocycles. The van der Waals surface area contributed by atoms with Gasteiger partial charge < -0.3 is 9.84 Å².